The second-order valence-electron chi connectivity index (χ2n) is 15.9. The van der Waals surface area contributed by atoms with Gasteiger partial charge in [0.25, 0.3) is 0 Å². The molecule has 0 aliphatic rings. The summed E-state index contributed by atoms with van der Waals surface area (Å²) < 4.78 is 0. The number of carbonyl (C=O) groups is 1. The van der Waals surface area contributed by atoms with E-state index in [0.29, 0.717) is 6.42 Å². The maximum absolute atomic E-state index is 10.3. The van der Waals surface area contributed by atoms with Crippen molar-refractivity contribution in [1.29, 1.82) is 0 Å². The number of rotatable bonds is 35. The predicted molar refractivity (Wildman–Crippen MR) is 289 cm³/mol. The molecule has 31 N–H and O–H groups in total. The van der Waals surface area contributed by atoms with E-state index in [0.717, 1.165) is 12.8 Å². The summed E-state index contributed by atoms with van der Waals surface area (Å²) in [5, 5.41) is 249. The number of aliphatic carboxylic acids is 1. The summed E-state index contributed by atoms with van der Waals surface area (Å²) in [7, 11) is 0. The Bertz CT molecular complexity index is 798. The van der Waals surface area contributed by atoms with Crippen LogP contribution in [0.15, 0.2) is 12.2 Å². The van der Waals surface area contributed by atoms with Crippen molar-refractivity contribution in [3.8, 4) is 0 Å². The maximum atomic E-state index is 10.3. The lowest BCUT2D eigenvalue weighted by atomic mass is 10.1. The molecule has 0 unspecified atom stereocenters. The average Bonchev–Trinajstić information content (AvgIpc) is 3.50. The standard InChI is InChI=1S/C18H34O2.10C3H8O3/c1-2-3-4-5-6-7-8-9-10-11-12-13-14-15-16-17-18(19)20;10*4-1-3(6)2-5/h9-10H,2-8,11-17H2,1H3,(H,19,20);10*3-6H,1-2H2/b10-9-;;;;;;;;;;. The first kappa shape index (κ1) is 103. The van der Waals surface area contributed by atoms with Gasteiger partial charge in [-0.15, -0.1) is 0 Å². The topological polar surface area (TPSA) is 644 Å². The molecule has 0 amide bonds. The Morgan fingerprint density at radius 2 is 0.388 bits per heavy atom. The van der Waals surface area contributed by atoms with Gasteiger partial charge in [-0.3, -0.25) is 4.79 Å². The molecule has 0 spiro atoms. The van der Waals surface area contributed by atoms with E-state index in [1.165, 1.54) is 70.6 Å². The fourth-order valence-electron chi connectivity index (χ4n) is 2.92. The molecule has 0 saturated carbocycles. The van der Waals surface area contributed by atoms with Crippen molar-refractivity contribution < 1.29 is 163 Å². The largest absolute Gasteiger partial charge is 0.481 e. The van der Waals surface area contributed by atoms with Crippen LogP contribution in [0.3, 0.4) is 0 Å². The molecule has 0 atom stereocenters. The Hall–Kier alpha value is -1.99. The monoisotopic (exact) mass is 1200 g/mol. The third-order valence-electron chi connectivity index (χ3n) is 7.87. The molecule has 0 aliphatic heterocycles. The normalized spacial score (nSPS) is 10.3. The molecule has 0 aromatic carbocycles. The predicted octanol–water partition coefficient (Wildman–Crippen LogP) is -10.6. The SMILES string of the molecule is CCCCCCCC/C=C\CCCCCCCC(=O)O.OCC(O)CO.OCC(O)CO.OCC(O)CO.OCC(O)CO.OCC(O)CO.OCC(O)CO.OCC(O)CO.OCC(O)CO.OCC(O)CO.OCC(O)CO. The summed E-state index contributed by atoms with van der Waals surface area (Å²) >= 11 is 0. The Labute approximate surface area is 470 Å². The van der Waals surface area contributed by atoms with Crippen LogP contribution in [-0.4, -0.2) is 357 Å². The van der Waals surface area contributed by atoms with Crippen molar-refractivity contribution in [3.05, 3.63) is 12.2 Å². The van der Waals surface area contributed by atoms with E-state index in [4.69, 9.17) is 158 Å². The van der Waals surface area contributed by atoms with Crippen LogP contribution in [0, 0.1) is 0 Å². The van der Waals surface area contributed by atoms with Crippen molar-refractivity contribution in [3.63, 3.8) is 0 Å². The van der Waals surface area contributed by atoms with Crippen LogP contribution in [0.25, 0.3) is 0 Å². The molecule has 0 aliphatic carbocycles. The molecule has 0 bridgehead atoms. The number of aliphatic hydroxyl groups excluding tert-OH is 30. The molecule has 0 rings (SSSR count). The van der Waals surface area contributed by atoms with Crippen LogP contribution in [-0.2, 0) is 4.79 Å². The Kier molecular flexibility index (Phi) is 128. The van der Waals surface area contributed by atoms with Crippen molar-refractivity contribution >= 4 is 5.97 Å². The molecule has 0 saturated heterocycles. The Morgan fingerprint density at radius 1 is 0.250 bits per heavy atom. The quantitative estimate of drug-likeness (QED) is 0.0207. The highest BCUT2D eigenvalue weighted by molar-refractivity contribution is 5.66. The highest BCUT2D eigenvalue weighted by Crippen LogP contribution is 2.10. The van der Waals surface area contributed by atoms with E-state index in [-0.39, 0.29) is 132 Å². The van der Waals surface area contributed by atoms with Gasteiger partial charge < -0.3 is 158 Å². The second kappa shape index (κ2) is 99.1. The zero-order chi connectivity index (χ0) is 64.8. The minimum absolute atomic E-state index is 0.332. The minimum atomic E-state index is -0.954. The van der Waals surface area contributed by atoms with Crippen LogP contribution in [0.2, 0.25) is 0 Å². The van der Waals surface area contributed by atoms with E-state index in [1.54, 1.807) is 0 Å². The highest BCUT2D eigenvalue weighted by Gasteiger charge is 2.00. The lowest BCUT2D eigenvalue weighted by Gasteiger charge is -1.99. The molecule has 0 fully saturated rings. The van der Waals surface area contributed by atoms with Crippen LogP contribution in [0.5, 0.6) is 0 Å². The highest BCUT2D eigenvalue weighted by atomic mass is 16.4. The fourth-order valence-corrected chi connectivity index (χ4v) is 2.92. The molecule has 0 aromatic rings. The van der Waals surface area contributed by atoms with E-state index in [9.17, 15) is 4.79 Å². The van der Waals surface area contributed by atoms with E-state index < -0.39 is 67.0 Å². The molecule has 32 nitrogen and oxygen atoms in total. The van der Waals surface area contributed by atoms with Crippen LogP contribution in [0.4, 0.5) is 0 Å². The van der Waals surface area contributed by atoms with Crippen LogP contribution in [0.1, 0.15) is 96.8 Å². The Morgan fingerprint density at radius 3 is 0.512 bits per heavy atom. The number of hydrogen-bond donors (Lipinski definition) is 31. The molecule has 0 heterocycles. The number of unbranched alkanes of at least 4 members (excludes halogenated alkanes) is 11. The Balaban J connectivity index is -0.0000000761. The molecular weight excluding hydrogens is 1090 g/mol. The number of hydrogen-bond acceptors (Lipinski definition) is 31. The zero-order valence-electron chi connectivity index (χ0n) is 46.7. The summed E-state index contributed by atoms with van der Waals surface area (Å²) in [6.07, 6.45) is 11.7. The van der Waals surface area contributed by atoms with Crippen molar-refractivity contribution in [2.45, 2.75) is 158 Å². The number of allylic oxidation sites excluding steroid dienone is 2. The number of aliphatic hydroxyl groups is 30. The lowest BCUT2D eigenvalue weighted by molar-refractivity contribution is -0.137. The van der Waals surface area contributed by atoms with Gasteiger partial charge in [-0.1, -0.05) is 70.4 Å². The van der Waals surface area contributed by atoms with Gasteiger partial charge in [0.15, 0.2) is 0 Å². The van der Waals surface area contributed by atoms with Crippen molar-refractivity contribution in [1.82, 2.24) is 0 Å². The number of carboxylic acid groups (broad SMARTS) is 1. The van der Waals surface area contributed by atoms with Gasteiger partial charge in [0.2, 0.25) is 0 Å². The van der Waals surface area contributed by atoms with Gasteiger partial charge in [0.1, 0.15) is 61.0 Å². The van der Waals surface area contributed by atoms with Gasteiger partial charge in [-0.05, 0) is 32.1 Å². The fraction of sp³-hybridized carbons (Fsp3) is 0.938. The summed E-state index contributed by atoms with van der Waals surface area (Å²) in [4.78, 5) is 10.3. The molecular formula is C48H114O32. The minimum Gasteiger partial charge on any atom is -0.481 e. The summed E-state index contributed by atoms with van der Waals surface area (Å²) in [6, 6.07) is 0. The van der Waals surface area contributed by atoms with Gasteiger partial charge >= 0.3 is 5.97 Å². The first-order chi connectivity index (χ1) is 37.9. The molecule has 80 heavy (non-hydrogen) atoms. The smallest absolute Gasteiger partial charge is 0.303 e. The lowest BCUT2D eigenvalue weighted by Crippen LogP contribution is -2.15. The summed E-state index contributed by atoms with van der Waals surface area (Å²) in [5.41, 5.74) is 0. The molecule has 0 radical (unpaired) electrons. The second-order valence-corrected chi connectivity index (χ2v) is 15.9. The average molecular weight is 1200 g/mol. The van der Waals surface area contributed by atoms with Crippen molar-refractivity contribution in [2.75, 3.05) is 132 Å². The van der Waals surface area contributed by atoms with Crippen molar-refractivity contribution in [2.24, 2.45) is 0 Å². The zero-order valence-corrected chi connectivity index (χ0v) is 46.7. The van der Waals surface area contributed by atoms with Gasteiger partial charge in [0.05, 0.1) is 132 Å². The molecule has 498 valence electrons. The summed E-state index contributed by atoms with van der Waals surface area (Å²) in [6.45, 7) is -5.03. The maximum Gasteiger partial charge on any atom is 0.303 e. The number of carboxylic acids is 1. The summed E-state index contributed by atoms with van der Waals surface area (Å²) in [5.74, 6) is -0.664. The third kappa shape index (κ3) is 141. The molecule has 32 heteroatoms. The van der Waals surface area contributed by atoms with Gasteiger partial charge in [-0.2, -0.15) is 0 Å². The van der Waals surface area contributed by atoms with E-state index >= 15 is 0 Å². The van der Waals surface area contributed by atoms with Gasteiger partial charge in [0, 0.05) is 6.42 Å². The third-order valence-corrected chi connectivity index (χ3v) is 7.87. The first-order valence-corrected chi connectivity index (χ1v) is 25.7. The van der Waals surface area contributed by atoms with E-state index in [2.05, 4.69) is 19.1 Å². The first-order valence-electron chi connectivity index (χ1n) is 25.7. The van der Waals surface area contributed by atoms with Crippen LogP contribution >= 0.6 is 0 Å². The van der Waals surface area contributed by atoms with Gasteiger partial charge in [-0.25, -0.2) is 0 Å². The van der Waals surface area contributed by atoms with E-state index in [1.807, 2.05) is 0 Å². The van der Waals surface area contributed by atoms with Crippen LogP contribution < -0.4 is 0 Å². The molecule has 0 aromatic heterocycles.